The van der Waals surface area contributed by atoms with Gasteiger partial charge in [0.25, 0.3) is 0 Å². The fraction of sp³-hybridized carbons (Fsp3) is 0.409. The molecule has 1 unspecified atom stereocenters. The first kappa shape index (κ1) is 21.4. The van der Waals surface area contributed by atoms with E-state index in [4.69, 9.17) is 18.9 Å². The molecule has 0 bridgehead atoms. The van der Waals surface area contributed by atoms with Gasteiger partial charge in [0, 0.05) is 0 Å². The Balaban J connectivity index is 2.38. The van der Waals surface area contributed by atoms with Gasteiger partial charge in [0.05, 0.1) is 33.9 Å². The van der Waals surface area contributed by atoms with Crippen LogP contribution in [0.25, 0.3) is 0 Å². The largest absolute Gasteiger partial charge is 0.493 e. The zero-order chi connectivity index (χ0) is 20.5. The number of para-hydroxylation sites is 1. The Hall–Kier alpha value is -2.89. The van der Waals surface area contributed by atoms with E-state index in [1.54, 1.807) is 32.4 Å². The minimum absolute atomic E-state index is 0.267. The van der Waals surface area contributed by atoms with Crippen LogP contribution in [0.2, 0.25) is 0 Å². The lowest BCUT2D eigenvalue weighted by atomic mass is 9.91. The van der Waals surface area contributed by atoms with Crippen LogP contribution < -0.4 is 18.9 Å². The van der Waals surface area contributed by atoms with E-state index in [2.05, 4.69) is 6.92 Å². The molecule has 28 heavy (non-hydrogen) atoms. The number of hydrogen-bond acceptors (Lipinski definition) is 5. The third-order valence-corrected chi connectivity index (χ3v) is 4.56. The van der Waals surface area contributed by atoms with E-state index in [0.29, 0.717) is 35.2 Å². The van der Waals surface area contributed by atoms with Crippen LogP contribution in [0.5, 0.6) is 23.0 Å². The summed E-state index contributed by atoms with van der Waals surface area (Å²) in [5, 5.41) is 9.87. The molecule has 0 radical (unpaired) electrons. The highest BCUT2D eigenvalue weighted by Gasteiger charge is 2.24. The zero-order valence-corrected chi connectivity index (χ0v) is 16.9. The Morgan fingerprint density at radius 3 is 2.32 bits per heavy atom. The highest BCUT2D eigenvalue weighted by atomic mass is 16.5. The van der Waals surface area contributed by atoms with Crippen molar-refractivity contribution in [3.63, 3.8) is 0 Å². The van der Waals surface area contributed by atoms with Gasteiger partial charge in [-0.15, -0.1) is 0 Å². The van der Waals surface area contributed by atoms with Gasteiger partial charge in [-0.05, 0) is 42.2 Å². The van der Waals surface area contributed by atoms with Crippen molar-refractivity contribution < 1.29 is 28.8 Å². The van der Waals surface area contributed by atoms with Crippen LogP contribution in [0.15, 0.2) is 36.4 Å². The van der Waals surface area contributed by atoms with Crippen LogP contribution in [0.4, 0.5) is 0 Å². The highest BCUT2D eigenvalue weighted by Crippen LogP contribution is 2.37. The Labute approximate surface area is 166 Å². The molecule has 1 N–H and O–H groups in total. The summed E-state index contributed by atoms with van der Waals surface area (Å²) in [7, 11) is 4.65. The summed E-state index contributed by atoms with van der Waals surface area (Å²) in [6.07, 6.45) is 2.19. The molecule has 2 aromatic rings. The summed E-state index contributed by atoms with van der Waals surface area (Å²) in [5.41, 5.74) is 1.42. The topological polar surface area (TPSA) is 74.2 Å². The number of carbonyl (C=O) groups is 1. The molecule has 0 amide bonds. The summed E-state index contributed by atoms with van der Waals surface area (Å²) in [5.74, 6) is 0.571. The molecule has 0 spiro atoms. The van der Waals surface area contributed by atoms with Gasteiger partial charge in [-0.3, -0.25) is 4.79 Å². The molecule has 0 saturated heterocycles. The van der Waals surface area contributed by atoms with E-state index in [1.165, 1.54) is 7.11 Å². The summed E-state index contributed by atoms with van der Waals surface area (Å²) < 4.78 is 21.9. The average Bonchev–Trinajstić information content (AvgIpc) is 2.71. The van der Waals surface area contributed by atoms with E-state index in [0.717, 1.165) is 18.4 Å². The third kappa shape index (κ3) is 5.09. The van der Waals surface area contributed by atoms with Crippen molar-refractivity contribution in [1.82, 2.24) is 0 Å². The van der Waals surface area contributed by atoms with Gasteiger partial charge in [0.1, 0.15) is 0 Å². The molecular weight excluding hydrogens is 360 g/mol. The molecule has 2 aromatic carbocycles. The Bertz CT molecular complexity index is 787. The van der Waals surface area contributed by atoms with Crippen molar-refractivity contribution >= 4 is 5.97 Å². The quantitative estimate of drug-likeness (QED) is 0.579. The van der Waals surface area contributed by atoms with Gasteiger partial charge in [-0.1, -0.05) is 31.5 Å². The van der Waals surface area contributed by atoms with Gasteiger partial charge in [0.15, 0.2) is 23.0 Å². The van der Waals surface area contributed by atoms with Crippen molar-refractivity contribution in [2.45, 2.75) is 32.1 Å². The van der Waals surface area contributed by atoms with Crippen molar-refractivity contribution in [2.24, 2.45) is 0 Å². The van der Waals surface area contributed by atoms with E-state index >= 15 is 0 Å². The number of aliphatic carboxylic acids is 1. The Kier molecular flexibility index (Phi) is 7.99. The van der Waals surface area contributed by atoms with E-state index in [9.17, 15) is 9.90 Å². The van der Waals surface area contributed by atoms with Crippen LogP contribution in [-0.4, -0.2) is 39.0 Å². The lowest BCUT2D eigenvalue weighted by Crippen LogP contribution is -2.15. The number of carboxylic acid groups (broad SMARTS) is 1. The second-order valence-electron chi connectivity index (χ2n) is 6.36. The highest BCUT2D eigenvalue weighted by molar-refractivity contribution is 5.77. The maximum Gasteiger partial charge on any atom is 0.311 e. The molecule has 6 nitrogen and oxygen atoms in total. The van der Waals surface area contributed by atoms with Crippen molar-refractivity contribution in [1.29, 1.82) is 0 Å². The standard InChI is InChI=1S/C22H28O6/c1-5-6-12-28-21-16(8-7-9-19(21)26-3)13-17(22(23)24)15-10-11-18(25-2)20(14-15)27-4/h7-11,14,17H,5-6,12-13H2,1-4H3,(H,23,24). The zero-order valence-electron chi connectivity index (χ0n) is 16.9. The first-order chi connectivity index (χ1) is 13.5. The fourth-order valence-electron chi connectivity index (χ4n) is 3.00. The van der Waals surface area contributed by atoms with Crippen LogP contribution in [-0.2, 0) is 11.2 Å². The van der Waals surface area contributed by atoms with Crippen LogP contribution >= 0.6 is 0 Å². The minimum Gasteiger partial charge on any atom is -0.493 e. The van der Waals surface area contributed by atoms with Gasteiger partial charge < -0.3 is 24.1 Å². The number of benzene rings is 2. The third-order valence-electron chi connectivity index (χ3n) is 4.56. The second-order valence-corrected chi connectivity index (χ2v) is 6.36. The first-order valence-electron chi connectivity index (χ1n) is 9.29. The molecule has 6 heteroatoms. The monoisotopic (exact) mass is 388 g/mol. The molecular formula is C22H28O6. The molecule has 0 aliphatic carbocycles. The molecule has 0 fully saturated rings. The van der Waals surface area contributed by atoms with Gasteiger partial charge in [-0.25, -0.2) is 0 Å². The van der Waals surface area contributed by atoms with Crippen molar-refractivity contribution in [2.75, 3.05) is 27.9 Å². The molecule has 152 valence electrons. The molecule has 1 atom stereocenters. The normalized spacial score (nSPS) is 11.6. The van der Waals surface area contributed by atoms with Crippen LogP contribution in [0, 0.1) is 0 Å². The number of ether oxygens (including phenoxy) is 4. The Morgan fingerprint density at radius 1 is 1.00 bits per heavy atom. The maximum atomic E-state index is 12.0. The average molecular weight is 388 g/mol. The first-order valence-corrected chi connectivity index (χ1v) is 9.29. The van der Waals surface area contributed by atoms with Crippen LogP contribution in [0.1, 0.15) is 36.8 Å². The fourth-order valence-corrected chi connectivity index (χ4v) is 3.00. The number of carboxylic acids is 1. The van der Waals surface area contributed by atoms with Gasteiger partial charge in [0.2, 0.25) is 0 Å². The minimum atomic E-state index is -0.922. The van der Waals surface area contributed by atoms with Crippen molar-refractivity contribution in [3.05, 3.63) is 47.5 Å². The number of methoxy groups -OCH3 is 3. The number of hydrogen-bond donors (Lipinski definition) is 1. The summed E-state index contributed by atoms with van der Waals surface area (Å²) in [6.45, 7) is 2.64. The molecule has 0 heterocycles. The molecule has 0 aliphatic rings. The van der Waals surface area contributed by atoms with Crippen molar-refractivity contribution in [3.8, 4) is 23.0 Å². The predicted octanol–water partition coefficient (Wildman–Crippen LogP) is 4.30. The smallest absolute Gasteiger partial charge is 0.311 e. The molecule has 0 aromatic heterocycles. The summed E-state index contributed by atoms with van der Waals surface area (Å²) >= 11 is 0. The van der Waals surface area contributed by atoms with E-state index in [1.807, 2.05) is 18.2 Å². The maximum absolute atomic E-state index is 12.0. The lowest BCUT2D eigenvalue weighted by molar-refractivity contribution is -0.138. The molecule has 0 saturated carbocycles. The van der Waals surface area contributed by atoms with Gasteiger partial charge in [-0.2, -0.15) is 0 Å². The summed E-state index contributed by atoms with van der Waals surface area (Å²) in [4.78, 5) is 12.0. The predicted molar refractivity (Wildman–Crippen MR) is 107 cm³/mol. The van der Waals surface area contributed by atoms with E-state index < -0.39 is 11.9 Å². The van der Waals surface area contributed by atoms with E-state index in [-0.39, 0.29) is 6.42 Å². The Morgan fingerprint density at radius 2 is 1.71 bits per heavy atom. The van der Waals surface area contributed by atoms with Gasteiger partial charge >= 0.3 is 5.97 Å². The number of unbranched alkanes of at least 4 members (excludes halogenated alkanes) is 1. The molecule has 0 aliphatic heterocycles. The number of rotatable bonds is 11. The van der Waals surface area contributed by atoms with Crippen LogP contribution in [0.3, 0.4) is 0 Å². The molecule has 2 rings (SSSR count). The lowest BCUT2D eigenvalue weighted by Gasteiger charge is -2.19. The summed E-state index contributed by atoms with van der Waals surface area (Å²) in [6, 6.07) is 10.7. The SMILES string of the molecule is CCCCOc1c(CC(C(=O)O)c2ccc(OC)c(OC)c2)cccc1OC. The second kappa shape index (κ2) is 10.4.